The van der Waals surface area contributed by atoms with Gasteiger partial charge in [0.25, 0.3) is 0 Å². The van der Waals surface area contributed by atoms with Crippen LogP contribution in [0.3, 0.4) is 0 Å². The molecule has 152 valence electrons. The summed E-state index contributed by atoms with van der Waals surface area (Å²) in [5.74, 6) is -2.81. The van der Waals surface area contributed by atoms with Crippen molar-refractivity contribution in [1.82, 2.24) is 0 Å². The van der Waals surface area contributed by atoms with Crippen molar-refractivity contribution in [1.29, 1.82) is 0 Å². The molecule has 0 radical (unpaired) electrons. The number of esters is 2. The quantitative estimate of drug-likeness (QED) is 0.379. The Hall–Kier alpha value is -1.74. The monoisotopic (exact) mass is 392 g/mol. The Balaban J connectivity index is 1.61. The van der Waals surface area contributed by atoms with Crippen LogP contribution in [0.5, 0.6) is 0 Å². The predicted molar refractivity (Wildman–Crippen MR) is 92.8 cm³/mol. The van der Waals surface area contributed by atoms with Gasteiger partial charge in [-0.15, -0.1) is 0 Å². The standard InChI is InChI=1S/C20H24O8/c1-5-7(2)17(23)27-14-9-8(3)18(24)26-13(9)11-10(20(6-25-20)15(14)22)12(21)16-19(11,4)28-16/h5,9-16,21-22H,3,6H2,1-2,4H3/b7-5+/t9-,10-,11-,12-,13-,14-,15+,16+,19-,20-/m0/s1. The fourth-order valence-electron chi connectivity index (χ4n) is 5.68. The van der Waals surface area contributed by atoms with Gasteiger partial charge in [-0.25, -0.2) is 9.59 Å². The molecule has 0 aromatic carbocycles. The maximum absolute atomic E-state index is 12.5. The highest BCUT2D eigenvalue weighted by Gasteiger charge is 2.83. The highest BCUT2D eigenvalue weighted by atomic mass is 16.6. The van der Waals surface area contributed by atoms with E-state index in [0.717, 1.165) is 0 Å². The minimum atomic E-state index is -1.23. The average Bonchev–Trinajstić information content (AvgIpc) is 3.55. The van der Waals surface area contributed by atoms with Crippen molar-refractivity contribution in [2.24, 2.45) is 17.8 Å². The summed E-state index contributed by atoms with van der Waals surface area (Å²) in [6.45, 7) is 9.27. The van der Waals surface area contributed by atoms with Crippen LogP contribution in [0.1, 0.15) is 20.8 Å². The summed E-state index contributed by atoms with van der Waals surface area (Å²) in [7, 11) is 0. The minimum absolute atomic E-state index is 0.152. The molecule has 8 nitrogen and oxygen atoms in total. The highest BCUT2D eigenvalue weighted by molar-refractivity contribution is 5.92. The zero-order chi connectivity index (χ0) is 20.2. The first-order valence-corrected chi connectivity index (χ1v) is 9.59. The van der Waals surface area contributed by atoms with E-state index in [1.807, 2.05) is 6.92 Å². The molecule has 5 aliphatic rings. The van der Waals surface area contributed by atoms with Gasteiger partial charge in [-0.2, -0.15) is 0 Å². The van der Waals surface area contributed by atoms with Gasteiger partial charge in [0.05, 0.1) is 18.6 Å². The lowest BCUT2D eigenvalue weighted by atomic mass is 9.75. The second-order valence-corrected chi connectivity index (χ2v) is 8.72. The lowest BCUT2D eigenvalue weighted by Crippen LogP contribution is -2.51. The number of carbonyl (C=O) groups is 2. The zero-order valence-electron chi connectivity index (χ0n) is 16.0. The van der Waals surface area contributed by atoms with E-state index in [1.165, 1.54) is 0 Å². The minimum Gasteiger partial charge on any atom is -0.458 e. The molecule has 0 unspecified atom stereocenters. The zero-order valence-corrected chi connectivity index (χ0v) is 16.0. The van der Waals surface area contributed by atoms with E-state index in [-0.39, 0.29) is 12.2 Å². The van der Waals surface area contributed by atoms with Crippen LogP contribution in [0.2, 0.25) is 0 Å². The molecule has 3 aliphatic heterocycles. The smallest absolute Gasteiger partial charge is 0.334 e. The molecule has 3 saturated heterocycles. The summed E-state index contributed by atoms with van der Waals surface area (Å²) in [5.41, 5.74) is -1.21. The molecular weight excluding hydrogens is 368 g/mol. The van der Waals surface area contributed by atoms with Gasteiger partial charge in [-0.05, 0) is 20.8 Å². The van der Waals surface area contributed by atoms with Crippen LogP contribution in [-0.2, 0) is 28.5 Å². The van der Waals surface area contributed by atoms with Gasteiger partial charge in [0.15, 0.2) is 0 Å². The number of aliphatic hydroxyl groups excluding tert-OH is 2. The lowest BCUT2D eigenvalue weighted by molar-refractivity contribution is -0.158. The molecule has 8 heteroatoms. The SMILES string of the molecule is C=C1C(=O)O[C@H]2[C@H]1[C@H](OC(=O)/C(C)=C/C)[C@@H](O)[C@]1(CO1)[C@@H]1[C@H](O)[C@H]3O[C@@]3(C)[C@H]21. The largest absolute Gasteiger partial charge is 0.458 e. The van der Waals surface area contributed by atoms with Gasteiger partial charge < -0.3 is 29.2 Å². The first kappa shape index (κ1) is 18.3. The molecule has 1 spiro atoms. The molecule has 0 aromatic rings. The molecule has 3 heterocycles. The van der Waals surface area contributed by atoms with E-state index in [1.54, 1.807) is 19.9 Å². The van der Waals surface area contributed by atoms with Gasteiger partial charge in [0.2, 0.25) is 0 Å². The van der Waals surface area contributed by atoms with E-state index in [2.05, 4.69) is 6.58 Å². The summed E-state index contributed by atoms with van der Waals surface area (Å²) in [4.78, 5) is 24.8. The predicted octanol–water partition coefficient (Wildman–Crippen LogP) is -0.130. The molecule has 28 heavy (non-hydrogen) atoms. The molecule has 2 N–H and O–H groups in total. The van der Waals surface area contributed by atoms with Crippen LogP contribution in [0.4, 0.5) is 0 Å². The summed E-state index contributed by atoms with van der Waals surface area (Å²) in [6, 6.07) is 0. The Morgan fingerprint density at radius 1 is 1.36 bits per heavy atom. The van der Waals surface area contributed by atoms with Crippen LogP contribution in [-0.4, -0.2) is 70.5 Å². The van der Waals surface area contributed by atoms with Crippen molar-refractivity contribution in [2.45, 2.75) is 62.5 Å². The summed E-state index contributed by atoms with van der Waals surface area (Å²) in [5, 5.41) is 22.1. The molecule has 10 atom stereocenters. The number of hydrogen-bond acceptors (Lipinski definition) is 8. The van der Waals surface area contributed by atoms with Crippen molar-refractivity contribution in [3.63, 3.8) is 0 Å². The van der Waals surface area contributed by atoms with E-state index in [9.17, 15) is 19.8 Å². The third kappa shape index (κ3) is 2.04. The van der Waals surface area contributed by atoms with Crippen molar-refractivity contribution in [3.05, 3.63) is 23.8 Å². The number of ether oxygens (including phenoxy) is 4. The fraction of sp³-hybridized carbons (Fsp3) is 0.700. The van der Waals surface area contributed by atoms with E-state index in [4.69, 9.17) is 18.9 Å². The third-order valence-corrected chi connectivity index (χ3v) is 7.44. The second-order valence-electron chi connectivity index (χ2n) is 8.72. The Kier molecular flexibility index (Phi) is 3.56. The summed E-state index contributed by atoms with van der Waals surface area (Å²) >= 11 is 0. The second kappa shape index (κ2) is 5.44. The van der Waals surface area contributed by atoms with Gasteiger partial charge in [-0.1, -0.05) is 12.7 Å². The maximum atomic E-state index is 12.5. The van der Waals surface area contributed by atoms with Gasteiger partial charge in [-0.3, -0.25) is 0 Å². The van der Waals surface area contributed by atoms with Crippen LogP contribution in [0.15, 0.2) is 23.8 Å². The molecule has 2 saturated carbocycles. The summed E-state index contributed by atoms with van der Waals surface area (Å²) in [6.07, 6.45) is -2.68. The lowest BCUT2D eigenvalue weighted by Gasteiger charge is -2.34. The number of fused-ring (bicyclic) bond motifs is 6. The number of aliphatic hydroxyl groups is 2. The molecule has 5 fully saturated rings. The van der Waals surface area contributed by atoms with Crippen molar-refractivity contribution < 1.29 is 38.7 Å². The average molecular weight is 392 g/mol. The van der Waals surface area contributed by atoms with Crippen molar-refractivity contribution in [2.75, 3.05) is 6.61 Å². The topological polar surface area (TPSA) is 118 Å². The number of allylic oxidation sites excluding steroid dienone is 1. The van der Waals surface area contributed by atoms with E-state index in [0.29, 0.717) is 5.57 Å². The molecule has 0 amide bonds. The Bertz CT molecular complexity index is 813. The van der Waals surface area contributed by atoms with Crippen LogP contribution >= 0.6 is 0 Å². The first-order chi connectivity index (χ1) is 13.2. The molecule has 5 rings (SSSR count). The molecular formula is C20H24O8. The normalized spacial score (nSPS) is 53.8. The molecule has 2 aliphatic carbocycles. The van der Waals surface area contributed by atoms with E-state index < -0.39 is 71.4 Å². The van der Waals surface area contributed by atoms with Crippen molar-refractivity contribution in [3.8, 4) is 0 Å². The summed E-state index contributed by atoms with van der Waals surface area (Å²) < 4.78 is 22.8. The van der Waals surface area contributed by atoms with Gasteiger partial charge in [0, 0.05) is 23.0 Å². The third-order valence-electron chi connectivity index (χ3n) is 7.44. The van der Waals surface area contributed by atoms with Crippen LogP contribution < -0.4 is 0 Å². The Morgan fingerprint density at radius 3 is 2.64 bits per heavy atom. The van der Waals surface area contributed by atoms with Crippen LogP contribution in [0.25, 0.3) is 0 Å². The van der Waals surface area contributed by atoms with Gasteiger partial charge in [0.1, 0.15) is 35.6 Å². The van der Waals surface area contributed by atoms with E-state index >= 15 is 0 Å². The highest BCUT2D eigenvalue weighted by Crippen LogP contribution is 2.67. The van der Waals surface area contributed by atoms with Crippen LogP contribution in [0, 0.1) is 17.8 Å². The number of epoxide rings is 2. The molecule has 0 aromatic heterocycles. The first-order valence-electron chi connectivity index (χ1n) is 9.59. The number of rotatable bonds is 2. The number of carbonyl (C=O) groups excluding carboxylic acids is 2. The maximum Gasteiger partial charge on any atom is 0.334 e. The fourth-order valence-corrected chi connectivity index (χ4v) is 5.68. The van der Waals surface area contributed by atoms with Crippen molar-refractivity contribution >= 4 is 11.9 Å². The Labute approximate surface area is 162 Å². The number of hydrogen-bond donors (Lipinski definition) is 2. The molecule has 0 bridgehead atoms. The van der Waals surface area contributed by atoms with Gasteiger partial charge >= 0.3 is 11.9 Å². The Morgan fingerprint density at radius 2 is 2.04 bits per heavy atom.